The van der Waals surface area contributed by atoms with Crippen molar-refractivity contribution in [1.29, 1.82) is 0 Å². The lowest BCUT2D eigenvalue weighted by Gasteiger charge is -2.07. The Kier molecular flexibility index (Phi) is 2.42. The first kappa shape index (κ1) is 9.71. The average Bonchev–Trinajstić information content (AvgIpc) is 2.22. The molecule has 15 heavy (non-hydrogen) atoms. The SMILES string of the molecule is Cc1cccc(-c2cc[nH]c(=O)c2)c1C. The largest absolute Gasteiger partial charge is 0.329 e. The molecule has 0 amide bonds. The number of nitrogens with one attached hydrogen (secondary N) is 1. The van der Waals surface area contributed by atoms with Crippen molar-refractivity contribution in [3.63, 3.8) is 0 Å². The van der Waals surface area contributed by atoms with Crippen LogP contribution in [0.5, 0.6) is 0 Å². The van der Waals surface area contributed by atoms with Gasteiger partial charge in [-0.3, -0.25) is 4.79 Å². The van der Waals surface area contributed by atoms with Gasteiger partial charge in [-0.15, -0.1) is 0 Å². The van der Waals surface area contributed by atoms with Gasteiger partial charge in [0.25, 0.3) is 0 Å². The van der Waals surface area contributed by atoms with E-state index in [2.05, 4.69) is 24.9 Å². The van der Waals surface area contributed by atoms with Gasteiger partial charge in [0.15, 0.2) is 0 Å². The Morgan fingerprint density at radius 1 is 1.13 bits per heavy atom. The van der Waals surface area contributed by atoms with E-state index >= 15 is 0 Å². The topological polar surface area (TPSA) is 32.9 Å². The maximum absolute atomic E-state index is 11.2. The van der Waals surface area contributed by atoms with Gasteiger partial charge in [-0.1, -0.05) is 18.2 Å². The molecule has 0 spiro atoms. The summed E-state index contributed by atoms with van der Waals surface area (Å²) in [6.45, 7) is 4.15. The summed E-state index contributed by atoms with van der Waals surface area (Å²) in [5.41, 5.74) is 4.50. The maximum Gasteiger partial charge on any atom is 0.248 e. The summed E-state index contributed by atoms with van der Waals surface area (Å²) >= 11 is 0. The van der Waals surface area contributed by atoms with E-state index in [0.29, 0.717) is 0 Å². The summed E-state index contributed by atoms with van der Waals surface area (Å²) in [6.07, 6.45) is 1.68. The van der Waals surface area contributed by atoms with E-state index in [9.17, 15) is 4.79 Å². The van der Waals surface area contributed by atoms with E-state index in [-0.39, 0.29) is 5.56 Å². The van der Waals surface area contributed by atoms with Gasteiger partial charge in [0.1, 0.15) is 0 Å². The second-order valence-electron chi connectivity index (χ2n) is 3.69. The van der Waals surface area contributed by atoms with Gasteiger partial charge in [-0.2, -0.15) is 0 Å². The fourth-order valence-corrected chi connectivity index (χ4v) is 1.68. The zero-order valence-electron chi connectivity index (χ0n) is 8.87. The number of aryl methyl sites for hydroxylation is 1. The highest BCUT2D eigenvalue weighted by atomic mass is 16.1. The zero-order chi connectivity index (χ0) is 10.8. The summed E-state index contributed by atoms with van der Waals surface area (Å²) in [4.78, 5) is 13.8. The number of hydrogen-bond donors (Lipinski definition) is 1. The number of pyridine rings is 1. The minimum absolute atomic E-state index is 0.0617. The Bertz CT molecular complexity index is 540. The van der Waals surface area contributed by atoms with Crippen LogP contribution in [0, 0.1) is 13.8 Å². The second kappa shape index (κ2) is 3.73. The quantitative estimate of drug-likeness (QED) is 0.752. The predicted molar refractivity (Wildman–Crippen MR) is 62.0 cm³/mol. The van der Waals surface area contributed by atoms with Crippen LogP contribution in [0.4, 0.5) is 0 Å². The fourth-order valence-electron chi connectivity index (χ4n) is 1.68. The molecule has 0 aliphatic heterocycles. The Balaban J connectivity index is 2.64. The molecule has 0 fully saturated rings. The summed E-state index contributed by atoms with van der Waals surface area (Å²) in [7, 11) is 0. The first-order chi connectivity index (χ1) is 7.18. The van der Waals surface area contributed by atoms with Crippen LogP contribution in [0.1, 0.15) is 11.1 Å². The molecular formula is C13H13NO. The molecular weight excluding hydrogens is 186 g/mol. The fraction of sp³-hybridized carbons (Fsp3) is 0.154. The van der Waals surface area contributed by atoms with Gasteiger partial charge in [0, 0.05) is 12.3 Å². The highest BCUT2D eigenvalue weighted by molar-refractivity contribution is 5.67. The summed E-state index contributed by atoms with van der Waals surface area (Å²) in [5, 5.41) is 0. The van der Waals surface area contributed by atoms with E-state index in [1.807, 2.05) is 18.2 Å². The molecule has 1 heterocycles. The second-order valence-corrected chi connectivity index (χ2v) is 3.69. The first-order valence-corrected chi connectivity index (χ1v) is 4.94. The Morgan fingerprint density at radius 3 is 2.67 bits per heavy atom. The number of hydrogen-bond acceptors (Lipinski definition) is 1. The Labute approximate surface area is 88.6 Å². The molecule has 0 atom stereocenters. The van der Waals surface area contributed by atoms with Crippen LogP contribution in [0.15, 0.2) is 41.3 Å². The summed E-state index contributed by atoms with van der Waals surface area (Å²) < 4.78 is 0. The normalized spacial score (nSPS) is 10.3. The van der Waals surface area contributed by atoms with Crippen molar-refractivity contribution in [3.8, 4) is 11.1 Å². The van der Waals surface area contributed by atoms with Crippen LogP contribution >= 0.6 is 0 Å². The predicted octanol–water partition coefficient (Wildman–Crippen LogP) is 2.66. The first-order valence-electron chi connectivity index (χ1n) is 4.94. The number of aromatic nitrogens is 1. The van der Waals surface area contributed by atoms with Crippen LogP contribution in [0.3, 0.4) is 0 Å². The van der Waals surface area contributed by atoms with Crippen molar-refractivity contribution in [1.82, 2.24) is 4.98 Å². The Hall–Kier alpha value is -1.83. The van der Waals surface area contributed by atoms with E-state index in [4.69, 9.17) is 0 Å². The van der Waals surface area contributed by atoms with Crippen LogP contribution in [-0.4, -0.2) is 4.98 Å². The molecule has 2 nitrogen and oxygen atoms in total. The lowest BCUT2D eigenvalue weighted by Crippen LogP contribution is -2.02. The number of H-pyrrole nitrogens is 1. The van der Waals surface area contributed by atoms with Crippen LogP contribution in [0.25, 0.3) is 11.1 Å². The van der Waals surface area contributed by atoms with E-state index < -0.39 is 0 Å². The van der Waals surface area contributed by atoms with Crippen molar-refractivity contribution in [2.75, 3.05) is 0 Å². The van der Waals surface area contributed by atoms with Gasteiger partial charge >= 0.3 is 0 Å². The van der Waals surface area contributed by atoms with Crippen molar-refractivity contribution in [2.24, 2.45) is 0 Å². The lowest BCUT2D eigenvalue weighted by molar-refractivity contribution is 1.23. The van der Waals surface area contributed by atoms with Crippen molar-refractivity contribution >= 4 is 0 Å². The molecule has 76 valence electrons. The summed E-state index contributed by atoms with van der Waals surface area (Å²) in [5.74, 6) is 0. The third-order valence-corrected chi connectivity index (χ3v) is 2.69. The van der Waals surface area contributed by atoms with Gasteiger partial charge < -0.3 is 4.98 Å². The van der Waals surface area contributed by atoms with E-state index in [0.717, 1.165) is 11.1 Å². The van der Waals surface area contributed by atoms with Crippen molar-refractivity contribution in [3.05, 3.63) is 58.0 Å². The molecule has 1 aromatic carbocycles. The lowest BCUT2D eigenvalue weighted by atomic mass is 9.98. The molecule has 2 aromatic rings. The van der Waals surface area contributed by atoms with Gasteiger partial charge in [0.2, 0.25) is 5.56 Å². The van der Waals surface area contributed by atoms with E-state index in [1.54, 1.807) is 12.3 Å². The summed E-state index contributed by atoms with van der Waals surface area (Å²) in [6, 6.07) is 9.67. The van der Waals surface area contributed by atoms with Crippen molar-refractivity contribution in [2.45, 2.75) is 13.8 Å². The van der Waals surface area contributed by atoms with Gasteiger partial charge in [0.05, 0.1) is 0 Å². The highest BCUT2D eigenvalue weighted by Gasteiger charge is 2.03. The minimum Gasteiger partial charge on any atom is -0.329 e. The molecule has 0 radical (unpaired) electrons. The molecule has 0 aliphatic rings. The molecule has 1 N–H and O–H groups in total. The molecule has 0 bridgehead atoms. The molecule has 1 aromatic heterocycles. The monoisotopic (exact) mass is 199 g/mol. The molecule has 0 saturated heterocycles. The Morgan fingerprint density at radius 2 is 1.93 bits per heavy atom. The third-order valence-electron chi connectivity index (χ3n) is 2.69. The number of rotatable bonds is 1. The maximum atomic E-state index is 11.2. The molecule has 0 saturated carbocycles. The molecule has 0 aliphatic carbocycles. The molecule has 0 unspecified atom stereocenters. The number of aromatic amines is 1. The standard InChI is InChI=1S/C13H13NO/c1-9-4-3-5-12(10(9)2)11-6-7-14-13(15)8-11/h3-8H,1-2H3,(H,14,15). The highest BCUT2D eigenvalue weighted by Crippen LogP contribution is 2.23. The zero-order valence-corrected chi connectivity index (χ0v) is 8.87. The van der Waals surface area contributed by atoms with Crippen LogP contribution < -0.4 is 5.56 Å². The third kappa shape index (κ3) is 1.84. The molecule has 2 rings (SSSR count). The van der Waals surface area contributed by atoms with Crippen LogP contribution in [0.2, 0.25) is 0 Å². The van der Waals surface area contributed by atoms with Crippen LogP contribution in [-0.2, 0) is 0 Å². The van der Waals surface area contributed by atoms with Crippen molar-refractivity contribution < 1.29 is 0 Å². The van der Waals surface area contributed by atoms with Gasteiger partial charge in [-0.05, 0) is 42.2 Å². The minimum atomic E-state index is -0.0617. The average molecular weight is 199 g/mol. The smallest absolute Gasteiger partial charge is 0.248 e. The molecule has 2 heteroatoms. The van der Waals surface area contributed by atoms with Gasteiger partial charge in [-0.25, -0.2) is 0 Å². The van der Waals surface area contributed by atoms with E-state index in [1.165, 1.54) is 11.1 Å². The number of benzene rings is 1.